The summed E-state index contributed by atoms with van der Waals surface area (Å²) >= 11 is 0. The molecule has 104 valence electrons. The summed E-state index contributed by atoms with van der Waals surface area (Å²) in [6.45, 7) is 1.47. The normalized spacial score (nSPS) is 19.8. The van der Waals surface area contributed by atoms with Crippen molar-refractivity contribution in [2.45, 2.75) is 38.3 Å². The van der Waals surface area contributed by atoms with Gasteiger partial charge in [-0.05, 0) is 37.8 Å². The van der Waals surface area contributed by atoms with Crippen molar-refractivity contribution < 1.29 is 9.94 Å². The van der Waals surface area contributed by atoms with E-state index in [1.54, 1.807) is 22.9 Å². The molecular formula is C13H19N3O3. The molecule has 0 radical (unpaired) electrons. The van der Waals surface area contributed by atoms with E-state index in [9.17, 15) is 4.79 Å². The largest absolute Gasteiger partial charge is 0.409 e. The summed E-state index contributed by atoms with van der Waals surface area (Å²) in [6.07, 6.45) is 6.13. The lowest BCUT2D eigenvalue weighted by Gasteiger charge is -2.10. The first-order valence-electron chi connectivity index (χ1n) is 6.51. The Hall–Kier alpha value is -1.82. The van der Waals surface area contributed by atoms with Gasteiger partial charge in [0.25, 0.3) is 5.56 Å². The quantitative estimate of drug-likeness (QED) is 0.358. The zero-order chi connectivity index (χ0) is 13.7. The van der Waals surface area contributed by atoms with Crippen molar-refractivity contribution >= 4 is 5.84 Å². The van der Waals surface area contributed by atoms with Crippen molar-refractivity contribution in [3.05, 3.63) is 34.2 Å². The smallest absolute Gasteiger partial charge is 0.261 e. The fraction of sp³-hybridized carbons (Fsp3) is 0.538. The van der Waals surface area contributed by atoms with Crippen LogP contribution in [0, 0.1) is 0 Å². The molecule has 1 aromatic rings. The molecule has 3 N–H and O–H groups in total. The van der Waals surface area contributed by atoms with Gasteiger partial charge < -0.3 is 20.2 Å². The van der Waals surface area contributed by atoms with Crippen molar-refractivity contribution in [1.82, 2.24) is 4.57 Å². The van der Waals surface area contributed by atoms with Crippen LogP contribution in [0.2, 0.25) is 0 Å². The highest BCUT2D eigenvalue weighted by molar-refractivity contribution is 5.96. The molecular weight excluding hydrogens is 246 g/mol. The summed E-state index contributed by atoms with van der Waals surface area (Å²) in [4.78, 5) is 12.1. The Morgan fingerprint density at radius 2 is 2.47 bits per heavy atom. The lowest BCUT2D eigenvalue weighted by Crippen LogP contribution is -2.29. The molecule has 2 rings (SSSR count). The number of nitrogens with zero attached hydrogens (tertiary/aromatic N) is 2. The van der Waals surface area contributed by atoms with E-state index in [2.05, 4.69) is 5.16 Å². The van der Waals surface area contributed by atoms with E-state index < -0.39 is 0 Å². The second kappa shape index (κ2) is 6.38. The van der Waals surface area contributed by atoms with Crippen LogP contribution < -0.4 is 11.3 Å². The molecule has 0 saturated carbocycles. The molecule has 6 nitrogen and oxygen atoms in total. The van der Waals surface area contributed by atoms with E-state index in [0.29, 0.717) is 12.6 Å². The minimum atomic E-state index is -0.231. The van der Waals surface area contributed by atoms with Crippen LogP contribution in [0.4, 0.5) is 0 Å². The van der Waals surface area contributed by atoms with Gasteiger partial charge in [-0.2, -0.15) is 0 Å². The van der Waals surface area contributed by atoms with Crippen molar-refractivity contribution in [3.8, 4) is 0 Å². The summed E-state index contributed by atoms with van der Waals surface area (Å²) < 4.78 is 7.13. The van der Waals surface area contributed by atoms with Gasteiger partial charge in [0.1, 0.15) is 0 Å². The molecule has 1 aliphatic rings. The Morgan fingerprint density at radius 1 is 1.63 bits per heavy atom. The topological polar surface area (TPSA) is 89.8 Å². The van der Waals surface area contributed by atoms with Gasteiger partial charge in [-0.3, -0.25) is 4.79 Å². The molecule has 6 heteroatoms. The van der Waals surface area contributed by atoms with E-state index in [4.69, 9.17) is 15.7 Å². The molecule has 0 aromatic carbocycles. The maximum atomic E-state index is 12.1. The van der Waals surface area contributed by atoms with Crippen LogP contribution in [-0.4, -0.2) is 28.3 Å². The zero-order valence-electron chi connectivity index (χ0n) is 10.8. The van der Waals surface area contributed by atoms with Gasteiger partial charge in [0.15, 0.2) is 5.84 Å². The summed E-state index contributed by atoms with van der Waals surface area (Å²) in [5.74, 6) is -0.154. The van der Waals surface area contributed by atoms with E-state index in [-0.39, 0.29) is 17.0 Å². The predicted octanol–water partition coefficient (Wildman–Crippen LogP) is 0.902. The lowest BCUT2D eigenvalue weighted by molar-refractivity contribution is 0.101. The number of amidine groups is 1. The Labute approximate surface area is 111 Å². The van der Waals surface area contributed by atoms with Gasteiger partial charge in [-0.1, -0.05) is 5.16 Å². The number of nitrogens with two attached hydrogens (primary N) is 1. The Kier molecular flexibility index (Phi) is 4.57. The third kappa shape index (κ3) is 3.35. The highest BCUT2D eigenvalue weighted by atomic mass is 16.5. The molecule has 1 aliphatic heterocycles. The van der Waals surface area contributed by atoms with E-state index >= 15 is 0 Å². The van der Waals surface area contributed by atoms with Crippen LogP contribution in [0.5, 0.6) is 0 Å². The van der Waals surface area contributed by atoms with Gasteiger partial charge in [0.2, 0.25) is 0 Å². The third-order valence-corrected chi connectivity index (χ3v) is 3.35. The molecule has 19 heavy (non-hydrogen) atoms. The summed E-state index contributed by atoms with van der Waals surface area (Å²) in [5, 5.41) is 11.5. The fourth-order valence-corrected chi connectivity index (χ4v) is 2.32. The number of hydrogen-bond acceptors (Lipinski definition) is 4. The number of oxime groups is 1. The first kappa shape index (κ1) is 13.6. The molecule has 0 bridgehead atoms. The second-order valence-corrected chi connectivity index (χ2v) is 4.68. The Morgan fingerprint density at radius 3 is 3.16 bits per heavy atom. The van der Waals surface area contributed by atoms with E-state index in [1.807, 2.05) is 0 Å². The minimum Gasteiger partial charge on any atom is -0.409 e. The van der Waals surface area contributed by atoms with Crippen LogP contribution in [0.3, 0.4) is 0 Å². The fourth-order valence-electron chi connectivity index (χ4n) is 2.32. The summed E-state index contributed by atoms with van der Waals surface area (Å²) in [5.41, 5.74) is 5.45. The maximum absolute atomic E-state index is 12.1. The molecule has 1 aromatic heterocycles. The third-order valence-electron chi connectivity index (χ3n) is 3.35. The molecule has 1 unspecified atom stereocenters. The van der Waals surface area contributed by atoms with Crippen molar-refractivity contribution in [1.29, 1.82) is 0 Å². The van der Waals surface area contributed by atoms with Crippen LogP contribution in [0.1, 0.15) is 31.2 Å². The van der Waals surface area contributed by atoms with Gasteiger partial charge in [-0.25, -0.2) is 0 Å². The van der Waals surface area contributed by atoms with Gasteiger partial charge in [-0.15, -0.1) is 0 Å². The number of hydrogen-bond donors (Lipinski definition) is 2. The number of rotatable bonds is 5. The standard InChI is InChI=1S/C13H19N3O3/c14-12(15-18)11-6-2-8-16(13(11)17)7-1-4-10-5-3-9-19-10/h2,6,8,10,18H,1,3-5,7,9H2,(H2,14,15). The zero-order valence-corrected chi connectivity index (χ0v) is 10.8. The molecule has 0 amide bonds. The van der Waals surface area contributed by atoms with Crippen LogP contribution >= 0.6 is 0 Å². The number of pyridine rings is 1. The molecule has 1 atom stereocenters. The maximum Gasteiger partial charge on any atom is 0.261 e. The van der Waals surface area contributed by atoms with Crippen molar-refractivity contribution in [2.75, 3.05) is 6.61 Å². The highest BCUT2D eigenvalue weighted by Crippen LogP contribution is 2.16. The highest BCUT2D eigenvalue weighted by Gasteiger charge is 2.15. The number of aryl methyl sites for hydroxylation is 1. The minimum absolute atomic E-state index is 0.154. The van der Waals surface area contributed by atoms with E-state index in [0.717, 1.165) is 32.3 Å². The number of aromatic nitrogens is 1. The first-order valence-corrected chi connectivity index (χ1v) is 6.51. The summed E-state index contributed by atoms with van der Waals surface area (Å²) in [7, 11) is 0. The Balaban J connectivity index is 1.98. The lowest BCUT2D eigenvalue weighted by atomic mass is 10.1. The van der Waals surface area contributed by atoms with Gasteiger partial charge >= 0.3 is 0 Å². The second-order valence-electron chi connectivity index (χ2n) is 4.68. The Bertz CT molecular complexity index is 504. The predicted molar refractivity (Wildman–Crippen MR) is 71.4 cm³/mol. The molecule has 1 saturated heterocycles. The first-order chi connectivity index (χ1) is 9.22. The molecule has 2 heterocycles. The molecule has 1 fully saturated rings. The van der Waals surface area contributed by atoms with Crippen molar-refractivity contribution in [3.63, 3.8) is 0 Å². The molecule has 0 aliphatic carbocycles. The van der Waals surface area contributed by atoms with Crippen LogP contribution in [0.15, 0.2) is 28.3 Å². The SMILES string of the molecule is N/C(=N/O)c1cccn(CCCC2CCCO2)c1=O. The van der Waals surface area contributed by atoms with E-state index in [1.165, 1.54) is 0 Å². The van der Waals surface area contributed by atoms with Gasteiger partial charge in [0, 0.05) is 19.3 Å². The molecule has 0 spiro atoms. The van der Waals surface area contributed by atoms with Crippen LogP contribution in [0.25, 0.3) is 0 Å². The number of ether oxygens (including phenoxy) is 1. The summed E-state index contributed by atoms with van der Waals surface area (Å²) in [6, 6.07) is 3.27. The monoisotopic (exact) mass is 265 g/mol. The van der Waals surface area contributed by atoms with Crippen molar-refractivity contribution in [2.24, 2.45) is 10.9 Å². The average molecular weight is 265 g/mol. The van der Waals surface area contributed by atoms with Gasteiger partial charge in [0.05, 0.1) is 11.7 Å². The average Bonchev–Trinajstić information content (AvgIpc) is 2.93. The van der Waals surface area contributed by atoms with Crippen LogP contribution in [-0.2, 0) is 11.3 Å².